The molecule has 1 heterocycles. The average molecular weight is 127 g/mol. The van der Waals surface area contributed by atoms with E-state index in [0.29, 0.717) is 0 Å². The Bertz CT molecular complexity index is 210. The minimum absolute atomic E-state index is 0.0946. The fourth-order valence-electron chi connectivity index (χ4n) is 0.402. The summed E-state index contributed by atoms with van der Waals surface area (Å²) in [6.45, 7) is 0. The van der Waals surface area contributed by atoms with Crippen molar-refractivity contribution in [1.82, 2.24) is 4.98 Å². The van der Waals surface area contributed by atoms with Gasteiger partial charge in [0.15, 0.2) is 0 Å². The number of thiol groups is 1. The number of aromatic amines is 1. The van der Waals surface area contributed by atoms with Crippen LogP contribution in [0.15, 0.2) is 28.0 Å². The highest BCUT2D eigenvalue weighted by atomic mass is 32.1. The predicted octanol–water partition coefficient (Wildman–Crippen LogP) is 0.664. The third kappa shape index (κ3) is 1.13. The van der Waals surface area contributed by atoms with Gasteiger partial charge in [0.2, 0.25) is 5.56 Å². The molecular formula is C5H5NOS. The van der Waals surface area contributed by atoms with Crippen LogP contribution in [-0.4, -0.2) is 4.98 Å². The first-order chi connectivity index (χ1) is 3.79. The number of nitrogens with one attached hydrogen (secondary N) is 1. The van der Waals surface area contributed by atoms with E-state index in [2.05, 4.69) is 17.6 Å². The zero-order chi connectivity index (χ0) is 5.98. The third-order valence-corrected chi connectivity index (χ3v) is 1.05. The summed E-state index contributed by atoms with van der Waals surface area (Å²) < 4.78 is 0. The Morgan fingerprint density at radius 2 is 2.25 bits per heavy atom. The monoisotopic (exact) mass is 127 g/mol. The number of aromatic nitrogens is 1. The Morgan fingerprint density at radius 1 is 1.50 bits per heavy atom. The molecule has 0 spiro atoms. The van der Waals surface area contributed by atoms with Crippen LogP contribution in [0.3, 0.4) is 0 Å². The van der Waals surface area contributed by atoms with Gasteiger partial charge in [0, 0.05) is 17.2 Å². The van der Waals surface area contributed by atoms with E-state index in [4.69, 9.17) is 0 Å². The van der Waals surface area contributed by atoms with E-state index in [9.17, 15) is 4.79 Å². The maximum absolute atomic E-state index is 10.3. The molecule has 0 aliphatic rings. The van der Waals surface area contributed by atoms with E-state index in [1.807, 2.05) is 0 Å². The molecule has 0 aliphatic carbocycles. The van der Waals surface area contributed by atoms with Crippen LogP contribution in [0.25, 0.3) is 0 Å². The molecule has 0 fully saturated rings. The topological polar surface area (TPSA) is 32.9 Å². The van der Waals surface area contributed by atoms with Crippen molar-refractivity contribution in [1.29, 1.82) is 0 Å². The van der Waals surface area contributed by atoms with Crippen molar-refractivity contribution in [3.8, 4) is 0 Å². The van der Waals surface area contributed by atoms with Crippen LogP contribution in [0.1, 0.15) is 0 Å². The van der Waals surface area contributed by atoms with E-state index >= 15 is 0 Å². The molecule has 0 aromatic carbocycles. The SMILES string of the molecule is O=c1ccc(S)c[nH]1. The summed E-state index contributed by atoms with van der Waals surface area (Å²) in [5, 5.41) is 0. The van der Waals surface area contributed by atoms with Crippen molar-refractivity contribution in [2.24, 2.45) is 0 Å². The Hall–Kier alpha value is -0.700. The van der Waals surface area contributed by atoms with Crippen molar-refractivity contribution in [2.75, 3.05) is 0 Å². The van der Waals surface area contributed by atoms with Gasteiger partial charge in [-0.2, -0.15) is 0 Å². The number of hydrogen-bond acceptors (Lipinski definition) is 2. The number of pyridine rings is 1. The maximum Gasteiger partial charge on any atom is 0.247 e. The molecule has 8 heavy (non-hydrogen) atoms. The molecule has 1 rings (SSSR count). The molecule has 1 N–H and O–H groups in total. The molecule has 1 aromatic rings. The van der Waals surface area contributed by atoms with Crippen molar-refractivity contribution >= 4 is 12.6 Å². The van der Waals surface area contributed by atoms with Gasteiger partial charge in [-0.1, -0.05) is 0 Å². The van der Waals surface area contributed by atoms with Gasteiger partial charge in [-0.25, -0.2) is 0 Å². The molecule has 42 valence electrons. The van der Waals surface area contributed by atoms with E-state index in [1.54, 1.807) is 12.3 Å². The second-order valence-corrected chi connectivity index (χ2v) is 1.93. The van der Waals surface area contributed by atoms with Crippen molar-refractivity contribution in [2.45, 2.75) is 4.90 Å². The Labute approximate surface area is 52.0 Å². The second kappa shape index (κ2) is 2.05. The quantitative estimate of drug-likeness (QED) is 0.493. The van der Waals surface area contributed by atoms with Gasteiger partial charge in [-0.05, 0) is 6.07 Å². The maximum atomic E-state index is 10.3. The first-order valence-corrected chi connectivity index (χ1v) is 2.61. The summed E-state index contributed by atoms with van der Waals surface area (Å²) in [6.07, 6.45) is 1.55. The van der Waals surface area contributed by atoms with Crippen molar-refractivity contribution in [3.05, 3.63) is 28.7 Å². The molecule has 0 radical (unpaired) electrons. The highest BCUT2D eigenvalue weighted by Gasteiger charge is 1.79. The van der Waals surface area contributed by atoms with Crippen LogP contribution >= 0.6 is 12.6 Å². The van der Waals surface area contributed by atoms with Gasteiger partial charge < -0.3 is 4.98 Å². The lowest BCUT2D eigenvalue weighted by molar-refractivity contribution is 1.18. The third-order valence-electron chi connectivity index (χ3n) is 0.768. The molecule has 0 bridgehead atoms. The molecule has 1 aromatic heterocycles. The normalized spacial score (nSPS) is 9.12. The minimum atomic E-state index is -0.0946. The number of rotatable bonds is 0. The summed E-state index contributed by atoms with van der Waals surface area (Å²) in [6, 6.07) is 3.07. The van der Waals surface area contributed by atoms with E-state index in [0.717, 1.165) is 4.90 Å². The Morgan fingerprint density at radius 3 is 2.62 bits per heavy atom. The smallest absolute Gasteiger partial charge is 0.247 e. The summed E-state index contributed by atoms with van der Waals surface area (Å²) in [5.74, 6) is 0. The van der Waals surface area contributed by atoms with Crippen LogP contribution in [-0.2, 0) is 0 Å². The molecule has 0 saturated heterocycles. The van der Waals surface area contributed by atoms with Crippen LogP contribution in [0.2, 0.25) is 0 Å². The number of H-pyrrole nitrogens is 1. The van der Waals surface area contributed by atoms with E-state index in [-0.39, 0.29) is 5.56 Å². The zero-order valence-electron chi connectivity index (χ0n) is 4.09. The Balaban J connectivity index is 3.22. The molecular weight excluding hydrogens is 122 g/mol. The second-order valence-electron chi connectivity index (χ2n) is 1.41. The summed E-state index contributed by atoms with van der Waals surface area (Å²) in [7, 11) is 0. The average Bonchev–Trinajstić information content (AvgIpc) is 1.77. The number of hydrogen-bond donors (Lipinski definition) is 2. The van der Waals surface area contributed by atoms with Crippen molar-refractivity contribution < 1.29 is 0 Å². The van der Waals surface area contributed by atoms with Crippen molar-refractivity contribution in [3.63, 3.8) is 0 Å². The molecule has 0 amide bonds. The lowest BCUT2D eigenvalue weighted by Gasteiger charge is -1.83. The lowest BCUT2D eigenvalue weighted by atomic mass is 10.5. The van der Waals surface area contributed by atoms with E-state index < -0.39 is 0 Å². The van der Waals surface area contributed by atoms with Gasteiger partial charge in [0.1, 0.15) is 0 Å². The molecule has 0 saturated carbocycles. The summed E-state index contributed by atoms with van der Waals surface area (Å²) >= 11 is 3.96. The van der Waals surface area contributed by atoms with Gasteiger partial charge in [0.25, 0.3) is 0 Å². The molecule has 0 atom stereocenters. The first-order valence-electron chi connectivity index (χ1n) is 2.17. The van der Waals surface area contributed by atoms with Crippen LogP contribution in [0.4, 0.5) is 0 Å². The molecule has 3 heteroatoms. The zero-order valence-corrected chi connectivity index (χ0v) is 4.98. The van der Waals surface area contributed by atoms with Crippen LogP contribution in [0.5, 0.6) is 0 Å². The van der Waals surface area contributed by atoms with Gasteiger partial charge >= 0.3 is 0 Å². The predicted molar refractivity (Wildman–Crippen MR) is 34.3 cm³/mol. The van der Waals surface area contributed by atoms with Gasteiger partial charge in [-0.3, -0.25) is 4.79 Å². The van der Waals surface area contributed by atoms with Crippen LogP contribution in [0, 0.1) is 0 Å². The fraction of sp³-hybridized carbons (Fsp3) is 0. The first kappa shape index (κ1) is 5.44. The standard InChI is InChI=1S/C5H5NOS/c7-5-2-1-4(8)3-6-5/h1-3,8H,(H,6,7). The highest BCUT2D eigenvalue weighted by molar-refractivity contribution is 7.80. The summed E-state index contributed by atoms with van der Waals surface area (Å²) in [5.41, 5.74) is -0.0946. The molecule has 2 nitrogen and oxygen atoms in total. The Kier molecular flexibility index (Phi) is 1.39. The highest BCUT2D eigenvalue weighted by Crippen LogP contribution is 1.96. The van der Waals surface area contributed by atoms with Crippen LogP contribution < -0.4 is 5.56 Å². The molecule has 0 unspecified atom stereocenters. The minimum Gasteiger partial charge on any atom is -0.328 e. The summed E-state index contributed by atoms with van der Waals surface area (Å²) in [4.78, 5) is 13.6. The lowest BCUT2D eigenvalue weighted by Crippen LogP contribution is -2.00. The van der Waals surface area contributed by atoms with Gasteiger partial charge in [0.05, 0.1) is 0 Å². The van der Waals surface area contributed by atoms with Gasteiger partial charge in [-0.15, -0.1) is 12.6 Å². The van der Waals surface area contributed by atoms with E-state index in [1.165, 1.54) is 6.07 Å². The molecule has 0 aliphatic heterocycles. The fourth-order valence-corrected chi connectivity index (χ4v) is 0.541. The largest absolute Gasteiger partial charge is 0.328 e.